The van der Waals surface area contributed by atoms with Gasteiger partial charge in [-0.05, 0) is 0 Å². The zero-order valence-electron chi connectivity index (χ0n) is 13.0. The van der Waals surface area contributed by atoms with Gasteiger partial charge in [0.05, 0.1) is 6.61 Å². The highest BCUT2D eigenvalue weighted by molar-refractivity contribution is 5.66. The van der Waals surface area contributed by atoms with Gasteiger partial charge in [0.1, 0.15) is 24.4 Å². The van der Waals surface area contributed by atoms with E-state index in [1.807, 2.05) is 0 Å². The number of ether oxygens (including phenoxy) is 6. The van der Waals surface area contributed by atoms with Crippen LogP contribution >= 0.6 is 0 Å². The summed E-state index contributed by atoms with van der Waals surface area (Å²) in [6.07, 6.45) is -4.78. The fraction of sp³-hybridized carbons (Fsp3) is 0.923. The molecule has 0 aromatic rings. The van der Waals surface area contributed by atoms with Crippen LogP contribution in [0.1, 0.15) is 6.92 Å². The van der Waals surface area contributed by atoms with E-state index in [1.165, 1.54) is 35.4 Å². The van der Waals surface area contributed by atoms with Crippen LogP contribution in [-0.2, 0) is 33.2 Å². The molecule has 6 atom stereocenters. The number of aliphatic hydroxyl groups is 1. The minimum Gasteiger partial charge on any atom is -0.457 e. The predicted octanol–water partition coefficient (Wildman–Crippen LogP) is -0.673. The molecule has 0 aliphatic carbocycles. The molecule has 8 heteroatoms. The van der Waals surface area contributed by atoms with Gasteiger partial charge >= 0.3 is 5.97 Å². The van der Waals surface area contributed by atoms with Gasteiger partial charge in [0.25, 0.3) is 0 Å². The molecule has 0 aromatic carbocycles. The van der Waals surface area contributed by atoms with E-state index in [0.717, 1.165) is 0 Å². The van der Waals surface area contributed by atoms with Gasteiger partial charge in [-0.15, -0.1) is 0 Å². The van der Waals surface area contributed by atoms with Crippen LogP contribution in [0.5, 0.6) is 0 Å². The summed E-state index contributed by atoms with van der Waals surface area (Å²) < 4.78 is 31.7. The maximum Gasteiger partial charge on any atom is 0.303 e. The van der Waals surface area contributed by atoms with Gasteiger partial charge in [-0.2, -0.15) is 0 Å². The fourth-order valence-corrected chi connectivity index (χ4v) is 2.46. The Kier molecular flexibility index (Phi) is 7.50. The smallest absolute Gasteiger partial charge is 0.303 e. The van der Waals surface area contributed by atoms with Gasteiger partial charge in [-0.1, -0.05) is 0 Å². The molecule has 1 heterocycles. The summed E-state index contributed by atoms with van der Waals surface area (Å²) in [6.45, 7) is 1.49. The van der Waals surface area contributed by atoms with E-state index >= 15 is 0 Å². The van der Waals surface area contributed by atoms with Gasteiger partial charge in [-0.3, -0.25) is 4.79 Å². The molecule has 0 spiro atoms. The Morgan fingerprint density at radius 1 is 1.14 bits per heavy atom. The highest BCUT2D eigenvalue weighted by Crippen LogP contribution is 2.29. The normalized spacial score (nSPS) is 34.5. The van der Waals surface area contributed by atoms with E-state index in [4.69, 9.17) is 28.4 Å². The number of methoxy groups -OCH3 is 4. The van der Waals surface area contributed by atoms with E-state index in [1.54, 1.807) is 0 Å². The minimum absolute atomic E-state index is 0.208. The molecule has 0 bridgehead atoms. The van der Waals surface area contributed by atoms with Crippen LogP contribution in [0.15, 0.2) is 0 Å². The molecule has 0 amide bonds. The molecule has 0 aromatic heterocycles. The zero-order valence-corrected chi connectivity index (χ0v) is 13.0. The Balaban J connectivity index is 3.04. The van der Waals surface area contributed by atoms with E-state index in [0.29, 0.717) is 0 Å². The maximum absolute atomic E-state index is 11.4. The lowest BCUT2D eigenvalue weighted by Crippen LogP contribution is -2.63. The minimum atomic E-state index is -1.23. The topological polar surface area (TPSA) is 92.7 Å². The Labute approximate surface area is 124 Å². The van der Waals surface area contributed by atoms with Crippen molar-refractivity contribution in [2.75, 3.05) is 35.0 Å². The van der Waals surface area contributed by atoms with Crippen molar-refractivity contribution in [2.45, 2.75) is 43.7 Å². The number of hydrogen-bond donors (Lipinski definition) is 1. The van der Waals surface area contributed by atoms with Crippen LogP contribution in [0.4, 0.5) is 0 Å². The lowest BCUT2D eigenvalue weighted by Gasteiger charge is -2.44. The summed E-state index contributed by atoms with van der Waals surface area (Å²) in [6, 6.07) is 0. The molecule has 1 fully saturated rings. The molecule has 1 saturated heterocycles. The molecule has 0 radical (unpaired) electrons. The third-order valence-electron chi connectivity index (χ3n) is 3.40. The quantitative estimate of drug-likeness (QED) is 0.619. The Bertz CT molecular complexity index is 323. The van der Waals surface area contributed by atoms with Crippen molar-refractivity contribution in [1.29, 1.82) is 0 Å². The SMILES string of the molecule is COC[C@H](OC)[C@H]1OC(O)[C@H](OC)[C@@H](OC)[C@@H]1OC(C)=O. The zero-order chi connectivity index (χ0) is 16.0. The largest absolute Gasteiger partial charge is 0.457 e. The van der Waals surface area contributed by atoms with Crippen LogP contribution in [0, 0.1) is 0 Å². The van der Waals surface area contributed by atoms with E-state index in [2.05, 4.69) is 0 Å². The average molecular weight is 308 g/mol. The van der Waals surface area contributed by atoms with Gasteiger partial charge < -0.3 is 33.5 Å². The Morgan fingerprint density at radius 2 is 1.76 bits per heavy atom. The molecule has 1 N–H and O–H groups in total. The first-order chi connectivity index (χ1) is 9.99. The lowest BCUT2D eigenvalue weighted by molar-refractivity contribution is -0.310. The predicted molar refractivity (Wildman–Crippen MR) is 70.7 cm³/mol. The third kappa shape index (κ3) is 4.35. The number of aliphatic hydroxyl groups excluding tert-OH is 1. The molecular weight excluding hydrogens is 284 g/mol. The first kappa shape index (κ1) is 18.3. The summed E-state index contributed by atoms with van der Waals surface area (Å²) in [5.74, 6) is -0.492. The maximum atomic E-state index is 11.4. The summed E-state index contributed by atoms with van der Waals surface area (Å²) >= 11 is 0. The highest BCUT2D eigenvalue weighted by Gasteiger charge is 2.50. The van der Waals surface area contributed by atoms with Gasteiger partial charge in [0.15, 0.2) is 12.4 Å². The van der Waals surface area contributed by atoms with Gasteiger partial charge in [0.2, 0.25) is 0 Å². The fourth-order valence-electron chi connectivity index (χ4n) is 2.46. The molecule has 0 saturated carbocycles. The summed E-state index contributed by atoms with van der Waals surface area (Å²) in [5, 5.41) is 10.0. The molecule has 1 unspecified atom stereocenters. The first-order valence-corrected chi connectivity index (χ1v) is 6.58. The number of carbonyl (C=O) groups is 1. The van der Waals surface area contributed by atoms with E-state index < -0.39 is 42.8 Å². The summed E-state index contributed by atoms with van der Waals surface area (Å²) in [5.41, 5.74) is 0. The van der Waals surface area contributed by atoms with Crippen molar-refractivity contribution in [2.24, 2.45) is 0 Å². The summed E-state index contributed by atoms with van der Waals surface area (Å²) in [7, 11) is 5.85. The van der Waals surface area contributed by atoms with Crippen LogP contribution in [0.3, 0.4) is 0 Å². The van der Waals surface area contributed by atoms with Crippen molar-refractivity contribution >= 4 is 5.97 Å². The number of carbonyl (C=O) groups excluding carboxylic acids is 1. The second-order valence-corrected chi connectivity index (χ2v) is 4.70. The van der Waals surface area contributed by atoms with Crippen LogP contribution in [0.25, 0.3) is 0 Å². The number of hydrogen-bond acceptors (Lipinski definition) is 8. The second kappa shape index (κ2) is 8.62. The average Bonchev–Trinajstić information content (AvgIpc) is 2.45. The van der Waals surface area contributed by atoms with Crippen molar-refractivity contribution in [1.82, 2.24) is 0 Å². The number of esters is 1. The van der Waals surface area contributed by atoms with Crippen molar-refractivity contribution in [3.8, 4) is 0 Å². The molecule has 21 heavy (non-hydrogen) atoms. The first-order valence-electron chi connectivity index (χ1n) is 6.58. The molecule has 124 valence electrons. The third-order valence-corrected chi connectivity index (χ3v) is 3.40. The molecule has 8 nitrogen and oxygen atoms in total. The number of rotatable bonds is 7. The molecule has 1 aliphatic heterocycles. The van der Waals surface area contributed by atoms with Crippen LogP contribution < -0.4 is 0 Å². The van der Waals surface area contributed by atoms with Crippen LogP contribution in [0.2, 0.25) is 0 Å². The highest BCUT2D eigenvalue weighted by atomic mass is 16.7. The Hall–Kier alpha value is -0.770. The van der Waals surface area contributed by atoms with Gasteiger partial charge in [0, 0.05) is 35.4 Å². The monoisotopic (exact) mass is 308 g/mol. The second-order valence-electron chi connectivity index (χ2n) is 4.70. The molecule has 1 rings (SSSR count). The van der Waals surface area contributed by atoms with E-state index in [-0.39, 0.29) is 6.61 Å². The van der Waals surface area contributed by atoms with Crippen molar-refractivity contribution in [3.63, 3.8) is 0 Å². The summed E-state index contributed by atoms with van der Waals surface area (Å²) in [4.78, 5) is 11.4. The molecular formula is C13H24O8. The standard InChI is InChI=1S/C13H24O8/c1-7(14)20-11-9(8(17-3)6-16-2)21-13(15)12(19-5)10(11)18-4/h8-13,15H,6H2,1-5H3/t8-,9+,10-,11+,12+,13?/m0/s1. The molecule has 1 aliphatic rings. The Morgan fingerprint density at radius 3 is 2.19 bits per heavy atom. The van der Waals surface area contributed by atoms with Gasteiger partial charge in [-0.25, -0.2) is 0 Å². The van der Waals surface area contributed by atoms with Crippen molar-refractivity contribution < 1.29 is 38.3 Å². The van der Waals surface area contributed by atoms with Crippen LogP contribution in [-0.4, -0.2) is 82.9 Å². The van der Waals surface area contributed by atoms with E-state index in [9.17, 15) is 9.90 Å². The van der Waals surface area contributed by atoms with Crippen molar-refractivity contribution in [3.05, 3.63) is 0 Å². The lowest BCUT2D eigenvalue weighted by atomic mass is 9.94.